The van der Waals surface area contributed by atoms with Crippen LogP contribution in [0.5, 0.6) is 11.5 Å². The van der Waals surface area contributed by atoms with Gasteiger partial charge >= 0.3 is 0 Å². The average molecular weight is 304 g/mol. The highest BCUT2D eigenvalue weighted by Gasteiger charge is 2.34. The molecule has 0 aliphatic carbocycles. The van der Waals surface area contributed by atoms with Crippen molar-refractivity contribution in [1.29, 1.82) is 0 Å². The van der Waals surface area contributed by atoms with Crippen LogP contribution in [0.15, 0.2) is 18.2 Å². The number of hydrogen-bond acceptors (Lipinski definition) is 4. The summed E-state index contributed by atoms with van der Waals surface area (Å²) in [5.41, 5.74) is 1.31. The van der Waals surface area contributed by atoms with E-state index in [1.165, 1.54) is 44.3 Å². The molecule has 2 fully saturated rings. The summed E-state index contributed by atoms with van der Waals surface area (Å²) in [6.07, 6.45) is 5.26. The Balaban J connectivity index is 1.70. The quantitative estimate of drug-likeness (QED) is 0.907. The second-order valence-electron chi connectivity index (χ2n) is 6.30. The van der Waals surface area contributed by atoms with Crippen molar-refractivity contribution in [3.05, 3.63) is 23.8 Å². The molecule has 3 rings (SSSR count). The van der Waals surface area contributed by atoms with E-state index in [4.69, 9.17) is 9.47 Å². The third kappa shape index (κ3) is 3.39. The number of nitrogens with one attached hydrogen (secondary N) is 1. The monoisotopic (exact) mass is 304 g/mol. The molecule has 122 valence electrons. The Labute approximate surface area is 133 Å². The van der Waals surface area contributed by atoms with Crippen molar-refractivity contribution in [3.63, 3.8) is 0 Å². The maximum absolute atomic E-state index is 5.61. The molecule has 1 aromatic carbocycles. The van der Waals surface area contributed by atoms with E-state index in [2.05, 4.69) is 22.3 Å². The molecule has 0 aromatic heterocycles. The van der Waals surface area contributed by atoms with E-state index in [1.54, 1.807) is 7.11 Å². The largest absolute Gasteiger partial charge is 0.493 e. The minimum absolute atomic E-state index is 0.664. The zero-order chi connectivity index (χ0) is 15.4. The summed E-state index contributed by atoms with van der Waals surface area (Å²) in [4.78, 5) is 2.64. The van der Waals surface area contributed by atoms with E-state index in [9.17, 15) is 0 Å². The lowest BCUT2D eigenvalue weighted by atomic mass is 10.0. The highest BCUT2D eigenvalue weighted by atomic mass is 16.5. The normalized spacial score (nSPS) is 25.5. The first-order chi connectivity index (χ1) is 10.8. The van der Waals surface area contributed by atoms with Gasteiger partial charge in [-0.2, -0.15) is 0 Å². The van der Waals surface area contributed by atoms with Crippen molar-refractivity contribution in [2.24, 2.45) is 0 Å². The van der Waals surface area contributed by atoms with Crippen LogP contribution in [-0.2, 0) is 6.54 Å². The minimum atomic E-state index is 0.664. The summed E-state index contributed by atoms with van der Waals surface area (Å²) >= 11 is 0. The first kappa shape index (κ1) is 15.6. The first-order valence-corrected chi connectivity index (χ1v) is 8.59. The highest BCUT2D eigenvalue weighted by molar-refractivity contribution is 5.43. The van der Waals surface area contributed by atoms with Crippen molar-refractivity contribution in [2.45, 2.75) is 51.2 Å². The zero-order valence-corrected chi connectivity index (χ0v) is 13.8. The zero-order valence-electron chi connectivity index (χ0n) is 13.8. The van der Waals surface area contributed by atoms with E-state index >= 15 is 0 Å². The molecule has 1 N–H and O–H groups in total. The minimum Gasteiger partial charge on any atom is -0.493 e. The number of fused-ring (bicyclic) bond motifs is 1. The standard InChI is InChI=1S/C18H28N2O2/c1-3-22-17-8-7-14(12-18(17)21-2)13-20-11-9-15-16(20)6-4-5-10-19-15/h7-8,12,15-16,19H,3-6,9-11,13H2,1-2H3/t15-,16-/m1/s1. The number of benzene rings is 1. The van der Waals surface area contributed by atoms with Crippen LogP contribution in [0.4, 0.5) is 0 Å². The van der Waals surface area contributed by atoms with Crippen molar-refractivity contribution in [3.8, 4) is 11.5 Å². The van der Waals surface area contributed by atoms with Crippen molar-refractivity contribution in [2.75, 3.05) is 26.8 Å². The fraction of sp³-hybridized carbons (Fsp3) is 0.667. The third-order valence-electron chi connectivity index (χ3n) is 4.91. The van der Waals surface area contributed by atoms with Gasteiger partial charge in [0.15, 0.2) is 11.5 Å². The molecule has 4 nitrogen and oxygen atoms in total. The maximum Gasteiger partial charge on any atom is 0.161 e. The molecule has 0 amide bonds. The van der Waals surface area contributed by atoms with Crippen LogP contribution >= 0.6 is 0 Å². The highest BCUT2D eigenvalue weighted by Crippen LogP contribution is 2.31. The van der Waals surface area contributed by atoms with Gasteiger partial charge in [-0.3, -0.25) is 4.90 Å². The molecular formula is C18H28N2O2. The number of rotatable bonds is 5. The van der Waals surface area contributed by atoms with E-state index in [0.29, 0.717) is 18.7 Å². The van der Waals surface area contributed by atoms with Gasteiger partial charge in [-0.25, -0.2) is 0 Å². The summed E-state index contributed by atoms with van der Waals surface area (Å²) in [6.45, 7) is 6.05. The Bertz CT molecular complexity index is 492. The molecule has 2 aliphatic rings. The predicted octanol–water partition coefficient (Wildman–Crippen LogP) is 2.81. The van der Waals surface area contributed by atoms with Gasteiger partial charge in [0.2, 0.25) is 0 Å². The second kappa shape index (κ2) is 7.34. The van der Waals surface area contributed by atoms with E-state index in [0.717, 1.165) is 18.0 Å². The SMILES string of the molecule is CCOc1ccc(CN2CC[C@H]3NCCCC[C@H]32)cc1OC. The summed E-state index contributed by atoms with van der Waals surface area (Å²) < 4.78 is 11.1. The van der Waals surface area contributed by atoms with E-state index < -0.39 is 0 Å². The Morgan fingerprint density at radius 2 is 2.14 bits per heavy atom. The summed E-state index contributed by atoms with van der Waals surface area (Å²) in [7, 11) is 1.71. The van der Waals surface area contributed by atoms with Gasteiger partial charge in [-0.15, -0.1) is 0 Å². The lowest BCUT2D eigenvalue weighted by Gasteiger charge is -2.27. The molecule has 4 heteroatoms. The van der Waals surface area contributed by atoms with Crippen LogP contribution in [0.3, 0.4) is 0 Å². The molecule has 2 aliphatic heterocycles. The topological polar surface area (TPSA) is 33.7 Å². The fourth-order valence-electron chi connectivity index (χ4n) is 3.82. The Kier molecular flexibility index (Phi) is 5.21. The van der Waals surface area contributed by atoms with Gasteiger partial charge in [-0.1, -0.05) is 12.5 Å². The average Bonchev–Trinajstić information content (AvgIpc) is 2.76. The number of ether oxygens (including phenoxy) is 2. The van der Waals surface area contributed by atoms with Crippen LogP contribution < -0.4 is 14.8 Å². The predicted molar refractivity (Wildman–Crippen MR) is 88.6 cm³/mol. The third-order valence-corrected chi connectivity index (χ3v) is 4.91. The van der Waals surface area contributed by atoms with Gasteiger partial charge in [-0.05, 0) is 50.4 Å². The van der Waals surface area contributed by atoms with Crippen LogP contribution in [0, 0.1) is 0 Å². The lowest BCUT2D eigenvalue weighted by Crippen LogP contribution is -2.40. The first-order valence-electron chi connectivity index (χ1n) is 8.59. The van der Waals surface area contributed by atoms with Crippen molar-refractivity contribution in [1.82, 2.24) is 10.2 Å². The van der Waals surface area contributed by atoms with Crippen molar-refractivity contribution < 1.29 is 9.47 Å². The molecule has 0 saturated carbocycles. The maximum atomic E-state index is 5.61. The molecule has 2 saturated heterocycles. The summed E-state index contributed by atoms with van der Waals surface area (Å²) in [6, 6.07) is 7.72. The number of hydrogen-bond donors (Lipinski definition) is 1. The molecule has 2 atom stereocenters. The molecule has 1 aromatic rings. The van der Waals surface area contributed by atoms with Gasteiger partial charge < -0.3 is 14.8 Å². The smallest absolute Gasteiger partial charge is 0.161 e. The van der Waals surface area contributed by atoms with E-state index in [1.807, 2.05) is 13.0 Å². The van der Waals surface area contributed by atoms with Crippen LogP contribution in [0.25, 0.3) is 0 Å². The van der Waals surface area contributed by atoms with E-state index in [-0.39, 0.29) is 0 Å². The Morgan fingerprint density at radius 1 is 1.23 bits per heavy atom. The Hall–Kier alpha value is -1.26. The molecule has 0 bridgehead atoms. The molecular weight excluding hydrogens is 276 g/mol. The number of nitrogens with zero attached hydrogens (tertiary/aromatic N) is 1. The van der Waals surface area contributed by atoms with Crippen LogP contribution in [0.2, 0.25) is 0 Å². The second-order valence-corrected chi connectivity index (χ2v) is 6.30. The molecule has 2 heterocycles. The fourth-order valence-corrected chi connectivity index (χ4v) is 3.82. The number of methoxy groups -OCH3 is 1. The molecule has 0 spiro atoms. The lowest BCUT2D eigenvalue weighted by molar-refractivity contribution is 0.220. The summed E-state index contributed by atoms with van der Waals surface area (Å²) in [5, 5.41) is 3.72. The molecule has 0 radical (unpaired) electrons. The van der Waals surface area contributed by atoms with Crippen LogP contribution in [-0.4, -0.2) is 43.8 Å². The van der Waals surface area contributed by atoms with Crippen molar-refractivity contribution >= 4 is 0 Å². The van der Waals surface area contributed by atoms with Gasteiger partial charge in [0.25, 0.3) is 0 Å². The van der Waals surface area contributed by atoms with Gasteiger partial charge in [0.1, 0.15) is 0 Å². The van der Waals surface area contributed by atoms with Gasteiger partial charge in [0, 0.05) is 25.2 Å². The van der Waals surface area contributed by atoms with Crippen LogP contribution in [0.1, 0.15) is 38.2 Å². The summed E-state index contributed by atoms with van der Waals surface area (Å²) in [5.74, 6) is 1.68. The number of likely N-dealkylation sites (tertiary alicyclic amines) is 1. The molecule has 22 heavy (non-hydrogen) atoms. The Morgan fingerprint density at radius 3 is 2.95 bits per heavy atom. The van der Waals surface area contributed by atoms with Gasteiger partial charge in [0.05, 0.1) is 13.7 Å². The molecule has 0 unspecified atom stereocenters.